The Kier molecular flexibility index (Phi) is 19.9. The molecule has 0 aromatic rings. The molecule has 0 unspecified atom stereocenters. The summed E-state index contributed by atoms with van der Waals surface area (Å²) in [5.74, 6) is -1.52. The van der Waals surface area contributed by atoms with Crippen LogP contribution in [0.25, 0.3) is 0 Å². The van der Waals surface area contributed by atoms with E-state index in [0.29, 0.717) is 12.8 Å². The lowest BCUT2D eigenvalue weighted by atomic mass is 10.0. The number of amides is 6. The second-order valence-electron chi connectivity index (χ2n) is 12.3. The zero-order valence-electron chi connectivity index (χ0n) is 28.1. The van der Waals surface area contributed by atoms with Crippen molar-refractivity contribution >= 4 is 45.8 Å². The first-order chi connectivity index (χ1) is 21.6. The van der Waals surface area contributed by atoms with Crippen molar-refractivity contribution < 1.29 is 46.3 Å². The molecule has 0 bridgehead atoms. The fourth-order valence-electron chi connectivity index (χ4n) is 4.95. The molecule has 2 aliphatic rings. The Morgan fingerprint density at radius 3 is 1.23 bits per heavy atom. The lowest BCUT2D eigenvalue weighted by Crippen LogP contribution is -2.53. The van der Waals surface area contributed by atoms with E-state index >= 15 is 0 Å². The first-order valence-corrected chi connectivity index (χ1v) is 16.8. The number of hydrogen-bond donors (Lipinski definition) is 6. The van der Waals surface area contributed by atoms with Gasteiger partial charge in [0.05, 0.1) is 25.2 Å². The molecule has 2 saturated heterocycles. The summed E-state index contributed by atoms with van der Waals surface area (Å²) in [5, 5.41) is 11.2. The van der Waals surface area contributed by atoms with E-state index in [1.165, 1.54) is 9.80 Å². The van der Waals surface area contributed by atoms with Gasteiger partial charge in [-0.25, -0.2) is 0 Å². The maximum absolute atomic E-state index is 12.4. The fourth-order valence-corrected chi connectivity index (χ4v) is 4.95. The summed E-state index contributed by atoms with van der Waals surface area (Å²) in [6.45, 7) is 9.18. The van der Waals surface area contributed by atoms with E-state index in [0.717, 1.165) is 38.8 Å². The summed E-state index contributed by atoms with van der Waals surface area (Å²) in [5.41, 5.74) is 10.1. The van der Waals surface area contributed by atoms with Crippen LogP contribution in [-0.4, -0.2) is 127 Å². The van der Waals surface area contributed by atoms with Crippen LogP contribution in [0.5, 0.6) is 0 Å². The fraction of sp³-hybridized carbons (Fsp3) is 0.786. The second kappa shape index (κ2) is 21.5. The lowest BCUT2D eigenvalue weighted by Gasteiger charge is -2.30. The molecule has 8 N–H and O–H groups in total. The first-order valence-electron chi connectivity index (χ1n) is 15.4. The van der Waals surface area contributed by atoms with E-state index in [4.69, 9.17) is 29.0 Å². The minimum absolute atomic E-state index is 0.0765. The number of likely N-dealkylation sites (N-methyl/N-ethyl adjacent to an activating group) is 2. The third-order valence-corrected chi connectivity index (χ3v) is 7.22. The lowest BCUT2D eigenvalue weighted by molar-refractivity contribution is -0.141. The third-order valence-electron chi connectivity index (χ3n) is 7.22. The molecular formula is C28H52N8O10S-2. The molecule has 18 nitrogen and oxygen atoms in total. The number of nitrogens with two attached hydrogens (primary N) is 2. The van der Waals surface area contributed by atoms with Gasteiger partial charge in [0.25, 0.3) is 0 Å². The minimum Gasteiger partial charge on any atom is -0.759 e. The van der Waals surface area contributed by atoms with Gasteiger partial charge in [-0.2, -0.15) is 0 Å². The molecule has 2 fully saturated rings. The summed E-state index contributed by atoms with van der Waals surface area (Å²) >= 11 is 0. The summed E-state index contributed by atoms with van der Waals surface area (Å²) in [7, 11) is -1.89. The number of hydrogen-bond acceptors (Lipinski definition) is 12. The van der Waals surface area contributed by atoms with Crippen LogP contribution in [0.3, 0.4) is 0 Å². The maximum atomic E-state index is 12.4. The Bertz CT molecular complexity index is 1070. The quantitative estimate of drug-likeness (QED) is 0.0789. The molecule has 6 amide bonds. The van der Waals surface area contributed by atoms with Gasteiger partial charge in [0.2, 0.25) is 35.4 Å². The Hall–Kier alpha value is -3.39. The Morgan fingerprint density at radius 2 is 1.02 bits per heavy atom. The third kappa shape index (κ3) is 19.1. The highest BCUT2D eigenvalue weighted by Gasteiger charge is 2.34. The van der Waals surface area contributed by atoms with Crippen molar-refractivity contribution in [3.05, 3.63) is 0 Å². The van der Waals surface area contributed by atoms with Crippen molar-refractivity contribution in [2.24, 2.45) is 23.3 Å². The normalized spacial score (nSPS) is 18.5. The van der Waals surface area contributed by atoms with Crippen LogP contribution in [0.1, 0.15) is 66.2 Å². The van der Waals surface area contributed by atoms with Gasteiger partial charge in [0.15, 0.2) is 0 Å². The number of primary amides is 2. The van der Waals surface area contributed by atoms with Gasteiger partial charge in [0.1, 0.15) is 12.1 Å². The van der Waals surface area contributed by atoms with Gasteiger partial charge in [0, 0.05) is 24.5 Å². The summed E-state index contributed by atoms with van der Waals surface area (Å²) in [6, 6.07) is -1.60. The number of nitrogens with zero attached hydrogens (tertiary/aromatic N) is 2. The van der Waals surface area contributed by atoms with Gasteiger partial charge < -0.3 is 51.6 Å². The van der Waals surface area contributed by atoms with Crippen molar-refractivity contribution in [1.29, 1.82) is 0 Å². The molecule has 19 heteroatoms. The van der Waals surface area contributed by atoms with Gasteiger partial charge in [-0.1, -0.05) is 27.7 Å². The SMILES string of the molecule is CC(C)C[C@H](C(=O)NCC(N)=O)N(C)C(=O)[C@@H]1CCCN1.CC(C)C[C@H](C(=O)NCC(N)=O)N(C)C(=O)[C@@H]1CCCN1.O=S(=O)([O-])[O-]. The standard InChI is InChI=1S/2C14H26N4O3.H2O4S/c2*1-9(2)7-11(13(20)17-8-12(15)19)18(3)14(21)10-5-4-6-16-10;1-5(2,3)4/h2*9-11,16H,4-8H2,1-3H3,(H2,15,19)(H,17,20);(H2,1,2,3,4)/p-2/t2*10-,11+;/m00./s1. The second-order valence-corrected chi connectivity index (χ2v) is 13.1. The van der Waals surface area contributed by atoms with Crippen molar-refractivity contribution in [3.8, 4) is 0 Å². The summed E-state index contributed by atoms with van der Waals surface area (Å²) in [6.07, 6.45) is 4.60. The molecule has 0 saturated carbocycles. The monoisotopic (exact) mass is 692 g/mol. The average molecular weight is 693 g/mol. The zero-order chi connectivity index (χ0) is 36.5. The van der Waals surface area contributed by atoms with Gasteiger partial charge in [-0.15, -0.1) is 0 Å². The summed E-state index contributed by atoms with van der Waals surface area (Å²) < 4.78 is 34.1. The Morgan fingerprint density at radius 1 is 0.723 bits per heavy atom. The zero-order valence-corrected chi connectivity index (χ0v) is 28.9. The Labute approximate surface area is 277 Å². The van der Waals surface area contributed by atoms with E-state index < -0.39 is 34.3 Å². The van der Waals surface area contributed by atoms with Crippen LogP contribution in [0.2, 0.25) is 0 Å². The van der Waals surface area contributed by atoms with Crippen molar-refractivity contribution in [2.45, 2.75) is 90.4 Å². The van der Waals surface area contributed by atoms with Gasteiger partial charge in [-0.3, -0.25) is 37.2 Å². The Balaban J connectivity index is 0.000000787. The first kappa shape index (κ1) is 43.6. The topological polar surface area (TPSA) is 289 Å². The summed E-state index contributed by atoms with van der Waals surface area (Å²) in [4.78, 5) is 73.8. The molecule has 0 aromatic carbocycles. The largest absolute Gasteiger partial charge is 0.759 e. The number of carbonyl (C=O) groups is 6. The van der Waals surface area contributed by atoms with Crippen molar-refractivity contribution in [3.63, 3.8) is 0 Å². The van der Waals surface area contributed by atoms with Crippen LogP contribution in [0, 0.1) is 11.8 Å². The smallest absolute Gasteiger partial charge is 0.243 e. The molecule has 0 aromatic heterocycles. The highest BCUT2D eigenvalue weighted by molar-refractivity contribution is 7.79. The molecular weight excluding hydrogens is 640 g/mol. The molecule has 2 rings (SSSR count). The molecule has 47 heavy (non-hydrogen) atoms. The number of rotatable bonds is 14. The van der Waals surface area contributed by atoms with E-state index in [2.05, 4.69) is 21.3 Å². The highest BCUT2D eigenvalue weighted by atomic mass is 32.3. The van der Waals surface area contributed by atoms with Crippen LogP contribution in [-0.2, 0) is 39.2 Å². The van der Waals surface area contributed by atoms with E-state index in [1.54, 1.807) is 14.1 Å². The molecule has 2 aliphatic heterocycles. The minimum atomic E-state index is -5.17. The molecule has 0 spiro atoms. The molecule has 2 heterocycles. The maximum Gasteiger partial charge on any atom is 0.243 e. The average Bonchev–Trinajstić information content (AvgIpc) is 3.69. The van der Waals surface area contributed by atoms with E-state index in [1.807, 2.05) is 27.7 Å². The number of carbonyl (C=O) groups excluding carboxylic acids is 6. The highest BCUT2D eigenvalue weighted by Crippen LogP contribution is 2.16. The molecule has 272 valence electrons. The molecule has 4 atom stereocenters. The van der Waals surface area contributed by atoms with E-state index in [-0.39, 0.29) is 60.6 Å². The molecule has 0 radical (unpaired) electrons. The van der Waals surface area contributed by atoms with Crippen molar-refractivity contribution in [1.82, 2.24) is 31.1 Å². The van der Waals surface area contributed by atoms with Crippen LogP contribution >= 0.6 is 0 Å². The van der Waals surface area contributed by atoms with Crippen LogP contribution in [0.4, 0.5) is 0 Å². The van der Waals surface area contributed by atoms with Gasteiger partial charge >= 0.3 is 0 Å². The van der Waals surface area contributed by atoms with Crippen LogP contribution < -0.4 is 32.7 Å². The number of nitrogens with one attached hydrogen (secondary N) is 4. The van der Waals surface area contributed by atoms with E-state index in [9.17, 15) is 28.8 Å². The molecule has 0 aliphatic carbocycles. The van der Waals surface area contributed by atoms with Gasteiger partial charge in [-0.05, 0) is 63.5 Å². The van der Waals surface area contributed by atoms with Crippen LogP contribution in [0.15, 0.2) is 0 Å². The predicted molar refractivity (Wildman–Crippen MR) is 169 cm³/mol. The predicted octanol–water partition coefficient (Wildman–Crippen LogP) is -2.91. The van der Waals surface area contributed by atoms with Crippen molar-refractivity contribution in [2.75, 3.05) is 40.3 Å².